The van der Waals surface area contributed by atoms with Crippen LogP contribution in [0.2, 0.25) is 0 Å². The molecule has 2 rings (SSSR count). The van der Waals surface area contributed by atoms with Crippen LogP contribution < -0.4 is 14.8 Å². The number of hydrogen-bond donors (Lipinski definition) is 1. The van der Waals surface area contributed by atoms with Crippen LogP contribution in [-0.2, 0) is 0 Å². The molecule has 6 heteroatoms. The number of hydrogen-bond acceptors (Lipinski definition) is 5. The average molecular weight is 343 g/mol. The minimum atomic E-state index is -0.215. The number of carbonyl (C=O) groups excluding carboxylic acids is 1. The van der Waals surface area contributed by atoms with Crippen molar-refractivity contribution in [2.75, 3.05) is 38.7 Å². The summed E-state index contributed by atoms with van der Waals surface area (Å²) in [7, 11) is 1.60. The number of benzene rings is 1. The van der Waals surface area contributed by atoms with E-state index in [-0.39, 0.29) is 5.91 Å². The molecule has 0 spiro atoms. The van der Waals surface area contributed by atoms with Gasteiger partial charge in [-0.15, -0.1) is 0 Å². The van der Waals surface area contributed by atoms with Gasteiger partial charge in [-0.25, -0.2) is 0 Å². The molecule has 1 N–H and O–H groups in total. The van der Waals surface area contributed by atoms with Gasteiger partial charge in [0, 0.05) is 30.7 Å². The fraction of sp³-hybridized carbons (Fsp3) is 0.368. The summed E-state index contributed by atoms with van der Waals surface area (Å²) in [4.78, 5) is 18.5. The Bertz CT molecular complexity index is 673. The lowest BCUT2D eigenvalue weighted by Crippen LogP contribution is -2.28. The molecule has 1 aromatic carbocycles. The van der Waals surface area contributed by atoms with Gasteiger partial charge >= 0.3 is 0 Å². The lowest BCUT2D eigenvalue weighted by molar-refractivity contribution is 0.102. The zero-order valence-electron chi connectivity index (χ0n) is 15.0. The lowest BCUT2D eigenvalue weighted by Gasteiger charge is -2.19. The van der Waals surface area contributed by atoms with E-state index in [2.05, 4.69) is 29.0 Å². The number of methoxy groups -OCH3 is 1. The third-order valence-corrected chi connectivity index (χ3v) is 3.90. The Balaban J connectivity index is 2.04. The molecule has 2 aromatic rings. The predicted octanol–water partition coefficient (Wildman–Crippen LogP) is 3.06. The van der Waals surface area contributed by atoms with Crippen molar-refractivity contribution in [2.24, 2.45) is 0 Å². The van der Waals surface area contributed by atoms with Gasteiger partial charge in [0.25, 0.3) is 5.91 Å². The number of rotatable bonds is 9. The first-order chi connectivity index (χ1) is 12.2. The van der Waals surface area contributed by atoms with Crippen molar-refractivity contribution in [3.8, 4) is 11.5 Å². The van der Waals surface area contributed by atoms with Crippen LogP contribution in [0.5, 0.6) is 11.5 Å². The first-order valence-electron chi connectivity index (χ1n) is 8.42. The molecule has 1 aromatic heterocycles. The van der Waals surface area contributed by atoms with E-state index < -0.39 is 0 Å². The van der Waals surface area contributed by atoms with Gasteiger partial charge in [-0.2, -0.15) is 0 Å². The van der Waals surface area contributed by atoms with Crippen LogP contribution in [0.25, 0.3) is 0 Å². The second-order valence-corrected chi connectivity index (χ2v) is 5.44. The predicted molar refractivity (Wildman–Crippen MR) is 98.5 cm³/mol. The fourth-order valence-electron chi connectivity index (χ4n) is 2.39. The van der Waals surface area contributed by atoms with E-state index in [1.165, 1.54) is 6.20 Å². The van der Waals surface area contributed by atoms with Crippen LogP contribution in [0.1, 0.15) is 24.2 Å². The minimum absolute atomic E-state index is 0.215. The maximum atomic E-state index is 12.2. The van der Waals surface area contributed by atoms with Crippen molar-refractivity contribution >= 4 is 11.6 Å². The van der Waals surface area contributed by atoms with E-state index in [0.717, 1.165) is 19.6 Å². The first-order valence-corrected chi connectivity index (χ1v) is 8.42. The first kappa shape index (κ1) is 18.7. The zero-order valence-corrected chi connectivity index (χ0v) is 15.0. The molecule has 6 nitrogen and oxygen atoms in total. The Morgan fingerprint density at radius 2 is 2.00 bits per heavy atom. The monoisotopic (exact) mass is 343 g/mol. The van der Waals surface area contributed by atoms with Crippen molar-refractivity contribution in [3.05, 3.63) is 48.3 Å². The lowest BCUT2D eigenvalue weighted by atomic mass is 10.2. The molecule has 1 heterocycles. The molecule has 0 fully saturated rings. The molecule has 0 saturated carbocycles. The van der Waals surface area contributed by atoms with Crippen molar-refractivity contribution in [3.63, 3.8) is 0 Å². The van der Waals surface area contributed by atoms with Crippen LogP contribution in [-0.4, -0.2) is 49.1 Å². The van der Waals surface area contributed by atoms with Crippen LogP contribution in [0, 0.1) is 0 Å². The zero-order chi connectivity index (χ0) is 18.1. The molecule has 0 aliphatic rings. The highest BCUT2D eigenvalue weighted by Crippen LogP contribution is 2.30. The maximum absolute atomic E-state index is 12.2. The molecule has 0 atom stereocenters. The fourth-order valence-corrected chi connectivity index (χ4v) is 2.39. The molecule has 0 aliphatic carbocycles. The van der Waals surface area contributed by atoms with E-state index >= 15 is 0 Å². The van der Waals surface area contributed by atoms with E-state index in [4.69, 9.17) is 9.47 Å². The summed E-state index contributed by atoms with van der Waals surface area (Å²) >= 11 is 0. The standard InChI is InChI=1S/C19H25N3O3/c1-4-22(5-2)11-12-25-18-13-16(8-9-17(18)24-3)21-19(23)15-7-6-10-20-14-15/h6-10,13-14H,4-5,11-12H2,1-3H3,(H,21,23). The Labute approximate surface area is 148 Å². The number of nitrogens with one attached hydrogen (secondary N) is 1. The summed E-state index contributed by atoms with van der Waals surface area (Å²) in [6.07, 6.45) is 3.16. The van der Waals surface area contributed by atoms with Crippen LogP contribution in [0.15, 0.2) is 42.7 Å². The van der Waals surface area contributed by atoms with Crippen LogP contribution in [0.4, 0.5) is 5.69 Å². The average Bonchev–Trinajstić information content (AvgIpc) is 2.66. The second-order valence-electron chi connectivity index (χ2n) is 5.44. The summed E-state index contributed by atoms with van der Waals surface area (Å²) in [6, 6.07) is 8.78. The van der Waals surface area contributed by atoms with E-state index in [0.29, 0.717) is 29.4 Å². The Hall–Kier alpha value is -2.60. The summed E-state index contributed by atoms with van der Waals surface area (Å²) in [5, 5.41) is 2.85. The van der Waals surface area contributed by atoms with Gasteiger partial charge in [-0.3, -0.25) is 9.78 Å². The summed E-state index contributed by atoms with van der Waals surface area (Å²) < 4.78 is 11.2. The number of ether oxygens (including phenoxy) is 2. The number of pyridine rings is 1. The molecule has 1 amide bonds. The third kappa shape index (κ3) is 5.46. The Morgan fingerprint density at radius 1 is 1.20 bits per heavy atom. The number of carbonyl (C=O) groups is 1. The van der Waals surface area contributed by atoms with Gasteiger partial charge in [-0.05, 0) is 37.4 Å². The van der Waals surface area contributed by atoms with Gasteiger partial charge in [0.15, 0.2) is 11.5 Å². The normalized spacial score (nSPS) is 10.6. The van der Waals surface area contributed by atoms with Gasteiger partial charge in [0.05, 0.1) is 12.7 Å². The topological polar surface area (TPSA) is 63.7 Å². The number of anilines is 1. The van der Waals surface area contributed by atoms with Crippen molar-refractivity contribution < 1.29 is 14.3 Å². The molecule has 25 heavy (non-hydrogen) atoms. The van der Waals surface area contributed by atoms with Crippen LogP contribution in [0.3, 0.4) is 0 Å². The Kier molecular flexibility index (Phi) is 7.22. The SMILES string of the molecule is CCN(CC)CCOc1cc(NC(=O)c2cccnc2)ccc1OC. The molecule has 0 unspecified atom stereocenters. The van der Waals surface area contributed by atoms with Crippen molar-refractivity contribution in [1.29, 1.82) is 0 Å². The Morgan fingerprint density at radius 3 is 2.64 bits per heavy atom. The highest BCUT2D eigenvalue weighted by Gasteiger charge is 2.10. The van der Waals surface area contributed by atoms with Crippen molar-refractivity contribution in [1.82, 2.24) is 9.88 Å². The van der Waals surface area contributed by atoms with Gasteiger partial charge in [0.1, 0.15) is 6.61 Å². The highest BCUT2D eigenvalue weighted by atomic mass is 16.5. The van der Waals surface area contributed by atoms with Crippen LogP contribution >= 0.6 is 0 Å². The highest BCUT2D eigenvalue weighted by molar-refractivity contribution is 6.04. The quantitative estimate of drug-likeness (QED) is 0.758. The van der Waals surface area contributed by atoms with E-state index in [9.17, 15) is 4.79 Å². The summed E-state index contributed by atoms with van der Waals surface area (Å²) in [5.74, 6) is 1.03. The number of aromatic nitrogens is 1. The number of amides is 1. The van der Waals surface area contributed by atoms with Crippen molar-refractivity contribution in [2.45, 2.75) is 13.8 Å². The van der Waals surface area contributed by atoms with E-state index in [1.54, 1.807) is 43.6 Å². The number of likely N-dealkylation sites (N-methyl/N-ethyl adjacent to an activating group) is 1. The number of nitrogens with zero attached hydrogens (tertiary/aromatic N) is 2. The molecule has 0 radical (unpaired) electrons. The second kappa shape index (κ2) is 9.64. The maximum Gasteiger partial charge on any atom is 0.257 e. The molecule has 134 valence electrons. The summed E-state index contributed by atoms with van der Waals surface area (Å²) in [6.45, 7) is 7.61. The minimum Gasteiger partial charge on any atom is -0.493 e. The molecular formula is C19H25N3O3. The third-order valence-electron chi connectivity index (χ3n) is 3.90. The molecule has 0 aliphatic heterocycles. The molecule has 0 bridgehead atoms. The van der Waals surface area contributed by atoms with Gasteiger partial charge in [0.2, 0.25) is 0 Å². The van der Waals surface area contributed by atoms with Gasteiger partial charge < -0.3 is 19.7 Å². The van der Waals surface area contributed by atoms with Gasteiger partial charge in [-0.1, -0.05) is 13.8 Å². The smallest absolute Gasteiger partial charge is 0.257 e. The largest absolute Gasteiger partial charge is 0.493 e. The van der Waals surface area contributed by atoms with E-state index in [1.807, 2.05) is 0 Å². The summed E-state index contributed by atoms with van der Waals surface area (Å²) in [5.41, 5.74) is 1.15. The molecule has 0 saturated heterocycles. The molecular weight excluding hydrogens is 318 g/mol.